The van der Waals surface area contributed by atoms with E-state index in [1.165, 1.54) is 4.90 Å². The molecule has 1 fully saturated rings. The summed E-state index contributed by atoms with van der Waals surface area (Å²) >= 11 is 0. The summed E-state index contributed by atoms with van der Waals surface area (Å²) in [4.78, 5) is 1.46. The summed E-state index contributed by atoms with van der Waals surface area (Å²) in [7, 11) is -2.82. The van der Waals surface area contributed by atoms with E-state index in [2.05, 4.69) is 0 Å². The summed E-state index contributed by atoms with van der Waals surface area (Å²) in [6, 6.07) is 0. The second-order valence-corrected chi connectivity index (χ2v) is 4.54. The van der Waals surface area contributed by atoms with Crippen molar-refractivity contribution in [3.8, 4) is 6.19 Å². The Morgan fingerprint density at radius 1 is 1.30 bits per heavy atom. The monoisotopic (exact) mass is 160 g/mol. The zero-order valence-electron chi connectivity index (χ0n) is 5.45. The van der Waals surface area contributed by atoms with Crippen LogP contribution in [0.3, 0.4) is 0 Å². The Bertz CT molecular complexity index is 237. The maximum absolute atomic E-state index is 10.8. The smallest absolute Gasteiger partial charge is 0.179 e. The highest BCUT2D eigenvalue weighted by Gasteiger charge is 2.19. The Hall–Kier alpha value is -0.760. The summed E-state index contributed by atoms with van der Waals surface area (Å²) in [5, 5.41) is 8.34. The van der Waals surface area contributed by atoms with Gasteiger partial charge in [0, 0.05) is 13.1 Å². The molecule has 0 unspecified atom stereocenters. The average Bonchev–Trinajstić information content (AvgIpc) is 1.88. The maximum Gasteiger partial charge on any atom is 0.179 e. The van der Waals surface area contributed by atoms with Crippen LogP contribution in [-0.4, -0.2) is 37.9 Å². The Balaban J connectivity index is 2.56. The van der Waals surface area contributed by atoms with Crippen LogP contribution < -0.4 is 0 Å². The van der Waals surface area contributed by atoms with Gasteiger partial charge < -0.3 is 4.90 Å². The molecule has 0 atom stereocenters. The SMILES string of the molecule is N#CN1CCS(=O)(=O)CC1. The van der Waals surface area contributed by atoms with Gasteiger partial charge in [0.2, 0.25) is 0 Å². The molecule has 0 bridgehead atoms. The molecule has 10 heavy (non-hydrogen) atoms. The number of nitrogens with zero attached hydrogens (tertiary/aromatic N) is 2. The molecule has 4 nitrogen and oxygen atoms in total. The molecule has 0 amide bonds. The molecule has 0 aromatic carbocycles. The lowest BCUT2D eigenvalue weighted by Crippen LogP contribution is -2.37. The number of sulfone groups is 1. The molecule has 1 aliphatic heterocycles. The van der Waals surface area contributed by atoms with Crippen LogP contribution in [0.15, 0.2) is 0 Å². The van der Waals surface area contributed by atoms with E-state index in [4.69, 9.17) is 5.26 Å². The van der Waals surface area contributed by atoms with Crippen molar-refractivity contribution in [2.24, 2.45) is 0 Å². The van der Waals surface area contributed by atoms with E-state index in [0.717, 1.165) is 0 Å². The molecule has 1 heterocycles. The number of nitriles is 1. The van der Waals surface area contributed by atoms with Crippen LogP contribution in [0.2, 0.25) is 0 Å². The molecular formula is C5H8N2O2S. The lowest BCUT2D eigenvalue weighted by Gasteiger charge is -2.20. The Morgan fingerprint density at radius 2 is 1.80 bits per heavy atom. The van der Waals surface area contributed by atoms with Gasteiger partial charge in [-0.05, 0) is 0 Å². The van der Waals surface area contributed by atoms with Gasteiger partial charge >= 0.3 is 0 Å². The fraction of sp³-hybridized carbons (Fsp3) is 0.800. The van der Waals surface area contributed by atoms with Gasteiger partial charge in [-0.3, -0.25) is 0 Å². The predicted octanol–water partition coefficient (Wildman–Crippen LogP) is -0.802. The summed E-state index contributed by atoms with van der Waals surface area (Å²) in [5.74, 6) is 0.251. The van der Waals surface area contributed by atoms with Gasteiger partial charge in [-0.25, -0.2) is 8.42 Å². The molecule has 1 rings (SSSR count). The molecule has 56 valence electrons. The van der Waals surface area contributed by atoms with E-state index in [0.29, 0.717) is 13.1 Å². The first-order chi connectivity index (χ1) is 4.64. The molecule has 0 saturated carbocycles. The zero-order valence-corrected chi connectivity index (χ0v) is 6.26. The first-order valence-electron chi connectivity index (χ1n) is 2.99. The Kier molecular flexibility index (Phi) is 1.81. The molecule has 0 aliphatic carbocycles. The van der Waals surface area contributed by atoms with E-state index in [-0.39, 0.29) is 11.5 Å². The van der Waals surface area contributed by atoms with Gasteiger partial charge in [-0.1, -0.05) is 0 Å². The van der Waals surface area contributed by atoms with Gasteiger partial charge in [0.15, 0.2) is 16.0 Å². The van der Waals surface area contributed by atoms with Crippen LogP contribution in [0.1, 0.15) is 0 Å². The largest absolute Gasteiger partial charge is 0.309 e. The van der Waals surface area contributed by atoms with E-state index in [1.54, 1.807) is 0 Å². The van der Waals surface area contributed by atoms with Crippen LogP contribution in [0.4, 0.5) is 0 Å². The second kappa shape index (κ2) is 2.46. The molecule has 0 spiro atoms. The van der Waals surface area contributed by atoms with Gasteiger partial charge in [0.05, 0.1) is 11.5 Å². The first-order valence-corrected chi connectivity index (χ1v) is 4.81. The quantitative estimate of drug-likeness (QED) is 0.435. The van der Waals surface area contributed by atoms with Crippen molar-refractivity contribution >= 4 is 9.84 Å². The molecule has 1 aliphatic rings. The van der Waals surface area contributed by atoms with Crippen molar-refractivity contribution in [2.75, 3.05) is 24.6 Å². The normalized spacial score (nSPS) is 23.7. The van der Waals surface area contributed by atoms with E-state index >= 15 is 0 Å². The second-order valence-electron chi connectivity index (χ2n) is 2.24. The summed E-state index contributed by atoms with van der Waals surface area (Å²) < 4.78 is 21.6. The molecule has 0 aromatic heterocycles. The maximum atomic E-state index is 10.8. The number of rotatable bonds is 0. The molecule has 1 saturated heterocycles. The van der Waals surface area contributed by atoms with E-state index < -0.39 is 9.84 Å². The number of hydrogen-bond donors (Lipinski definition) is 0. The zero-order chi connectivity index (χ0) is 7.61. The molecule has 5 heteroatoms. The van der Waals surface area contributed by atoms with Crippen molar-refractivity contribution in [2.45, 2.75) is 0 Å². The Morgan fingerprint density at radius 3 is 2.20 bits per heavy atom. The van der Waals surface area contributed by atoms with Gasteiger partial charge in [-0.2, -0.15) is 5.26 Å². The van der Waals surface area contributed by atoms with Crippen molar-refractivity contribution in [1.29, 1.82) is 5.26 Å². The third-order valence-corrected chi connectivity index (χ3v) is 3.10. The Labute approximate surface area is 60.0 Å². The van der Waals surface area contributed by atoms with Crippen molar-refractivity contribution in [3.05, 3.63) is 0 Å². The lowest BCUT2D eigenvalue weighted by molar-refractivity contribution is 0.417. The van der Waals surface area contributed by atoms with Crippen LogP contribution in [-0.2, 0) is 9.84 Å². The van der Waals surface area contributed by atoms with Crippen molar-refractivity contribution < 1.29 is 8.42 Å². The van der Waals surface area contributed by atoms with E-state index in [9.17, 15) is 8.42 Å². The molecule has 0 radical (unpaired) electrons. The van der Waals surface area contributed by atoms with Gasteiger partial charge in [-0.15, -0.1) is 0 Å². The van der Waals surface area contributed by atoms with Crippen LogP contribution >= 0.6 is 0 Å². The average molecular weight is 160 g/mol. The standard InChI is InChI=1S/C5H8N2O2S/c6-5-7-1-3-10(8,9)4-2-7/h1-4H2. The fourth-order valence-electron chi connectivity index (χ4n) is 0.812. The third kappa shape index (κ3) is 1.61. The van der Waals surface area contributed by atoms with Gasteiger partial charge in [0.25, 0.3) is 0 Å². The molecule has 0 N–H and O–H groups in total. The van der Waals surface area contributed by atoms with Crippen LogP contribution in [0.25, 0.3) is 0 Å². The van der Waals surface area contributed by atoms with Crippen molar-refractivity contribution in [1.82, 2.24) is 4.90 Å². The highest BCUT2D eigenvalue weighted by atomic mass is 32.2. The molecule has 0 aromatic rings. The minimum Gasteiger partial charge on any atom is -0.309 e. The third-order valence-electron chi connectivity index (χ3n) is 1.49. The highest BCUT2D eigenvalue weighted by molar-refractivity contribution is 7.91. The summed E-state index contributed by atoms with van der Waals surface area (Å²) in [5.41, 5.74) is 0. The van der Waals surface area contributed by atoms with Crippen LogP contribution in [0.5, 0.6) is 0 Å². The number of hydrogen-bond acceptors (Lipinski definition) is 4. The summed E-state index contributed by atoms with van der Waals surface area (Å²) in [6.07, 6.45) is 1.91. The topological polar surface area (TPSA) is 61.2 Å². The highest BCUT2D eigenvalue weighted by Crippen LogP contribution is 2.00. The van der Waals surface area contributed by atoms with E-state index in [1.807, 2.05) is 6.19 Å². The minimum atomic E-state index is -2.82. The van der Waals surface area contributed by atoms with Gasteiger partial charge in [0.1, 0.15) is 0 Å². The predicted molar refractivity (Wildman–Crippen MR) is 35.8 cm³/mol. The lowest BCUT2D eigenvalue weighted by atomic mass is 10.5. The molecular weight excluding hydrogens is 152 g/mol. The minimum absolute atomic E-state index is 0.126. The van der Waals surface area contributed by atoms with Crippen molar-refractivity contribution in [3.63, 3.8) is 0 Å². The van der Waals surface area contributed by atoms with Crippen LogP contribution in [0, 0.1) is 11.5 Å². The first kappa shape index (κ1) is 7.35. The fourth-order valence-corrected chi connectivity index (χ4v) is 2.01. The summed E-state index contributed by atoms with van der Waals surface area (Å²) in [6.45, 7) is 0.720.